The van der Waals surface area contributed by atoms with Gasteiger partial charge in [0.15, 0.2) is 0 Å². The summed E-state index contributed by atoms with van der Waals surface area (Å²) in [6, 6.07) is 0. The van der Waals surface area contributed by atoms with Crippen molar-refractivity contribution >= 4 is 0 Å². The van der Waals surface area contributed by atoms with Crippen LogP contribution in [-0.2, 0) is 0 Å². The molecule has 1 atom stereocenters. The molecular weight excluding hydrogens is 224 g/mol. The van der Waals surface area contributed by atoms with E-state index in [1.807, 2.05) is 0 Å². The minimum atomic E-state index is -0.302. The number of hydrogen-bond acceptors (Lipinski definition) is 2. The summed E-state index contributed by atoms with van der Waals surface area (Å²) in [6.45, 7) is 2.34. The summed E-state index contributed by atoms with van der Waals surface area (Å²) < 4.78 is 0. The van der Waals surface area contributed by atoms with Crippen molar-refractivity contribution in [3.63, 3.8) is 0 Å². The van der Waals surface area contributed by atoms with Gasteiger partial charge in [0.05, 0.1) is 6.10 Å². The quantitative estimate of drug-likeness (QED) is 0.383. The zero-order valence-electron chi connectivity index (χ0n) is 12.1. The third-order valence-electron chi connectivity index (χ3n) is 3.26. The molecule has 108 valence electrons. The van der Waals surface area contributed by atoms with Crippen LogP contribution in [0.15, 0.2) is 12.2 Å². The summed E-state index contributed by atoms with van der Waals surface area (Å²) >= 11 is 0. The number of rotatable bonds is 13. The van der Waals surface area contributed by atoms with Gasteiger partial charge in [-0.2, -0.15) is 0 Å². The molecule has 0 aromatic carbocycles. The zero-order valence-corrected chi connectivity index (χ0v) is 12.1. The molecule has 0 bridgehead atoms. The molecule has 2 heteroatoms. The summed E-state index contributed by atoms with van der Waals surface area (Å²) in [5, 5.41) is 18.1. The van der Waals surface area contributed by atoms with Crippen molar-refractivity contribution in [1.29, 1.82) is 0 Å². The van der Waals surface area contributed by atoms with E-state index in [9.17, 15) is 5.11 Å². The van der Waals surface area contributed by atoms with Crippen molar-refractivity contribution in [2.75, 3.05) is 6.61 Å². The van der Waals surface area contributed by atoms with Gasteiger partial charge < -0.3 is 10.2 Å². The highest BCUT2D eigenvalue weighted by atomic mass is 16.3. The van der Waals surface area contributed by atoms with E-state index in [1.165, 1.54) is 51.4 Å². The van der Waals surface area contributed by atoms with Crippen molar-refractivity contribution in [2.24, 2.45) is 0 Å². The van der Waals surface area contributed by atoms with Crippen molar-refractivity contribution < 1.29 is 10.2 Å². The molecule has 18 heavy (non-hydrogen) atoms. The lowest BCUT2D eigenvalue weighted by Gasteiger charge is -2.07. The van der Waals surface area contributed by atoms with E-state index >= 15 is 0 Å². The Hall–Kier alpha value is -0.340. The number of unbranched alkanes of at least 4 members (excludes halogenated alkanes) is 7. The predicted octanol–water partition coefficient (Wildman–Crippen LogP) is 4.21. The Morgan fingerprint density at radius 1 is 0.833 bits per heavy atom. The molecule has 0 rings (SSSR count). The minimum absolute atomic E-state index is 0.0991. The monoisotopic (exact) mass is 256 g/mol. The molecule has 0 aromatic rings. The topological polar surface area (TPSA) is 40.5 Å². The third-order valence-corrected chi connectivity index (χ3v) is 3.26. The van der Waals surface area contributed by atoms with Crippen LogP contribution in [-0.4, -0.2) is 22.9 Å². The normalized spacial score (nSPS) is 13.3. The molecule has 0 aliphatic rings. The summed E-state index contributed by atoms with van der Waals surface area (Å²) in [5.74, 6) is 0. The third kappa shape index (κ3) is 13.7. The highest BCUT2D eigenvalue weighted by Gasteiger charge is 2.01. The van der Waals surface area contributed by atoms with Gasteiger partial charge in [0.1, 0.15) is 0 Å². The van der Waals surface area contributed by atoms with E-state index in [0.717, 1.165) is 12.8 Å². The van der Waals surface area contributed by atoms with E-state index in [4.69, 9.17) is 5.11 Å². The Kier molecular flexibility index (Phi) is 14.4. The van der Waals surface area contributed by atoms with Gasteiger partial charge in [-0.15, -0.1) is 0 Å². The van der Waals surface area contributed by atoms with Gasteiger partial charge in [0.2, 0.25) is 0 Å². The molecule has 0 saturated carbocycles. The second-order valence-corrected chi connectivity index (χ2v) is 5.12. The maximum absolute atomic E-state index is 9.42. The summed E-state index contributed by atoms with van der Waals surface area (Å²) in [5.41, 5.74) is 0. The lowest BCUT2D eigenvalue weighted by molar-refractivity contribution is 0.122. The van der Waals surface area contributed by atoms with Crippen LogP contribution in [0.2, 0.25) is 0 Å². The average Bonchev–Trinajstić information content (AvgIpc) is 2.36. The molecular formula is C16H32O2. The van der Waals surface area contributed by atoms with Crippen LogP contribution in [0.4, 0.5) is 0 Å². The minimum Gasteiger partial charge on any atom is -0.396 e. The van der Waals surface area contributed by atoms with Gasteiger partial charge in [-0.1, -0.05) is 51.2 Å². The number of hydrogen-bond donors (Lipinski definition) is 2. The maximum Gasteiger partial charge on any atom is 0.0562 e. The second-order valence-electron chi connectivity index (χ2n) is 5.12. The summed E-state index contributed by atoms with van der Waals surface area (Å²) in [6.07, 6.45) is 16.9. The Bertz CT molecular complexity index is 178. The van der Waals surface area contributed by atoms with Crippen LogP contribution in [0.3, 0.4) is 0 Å². The van der Waals surface area contributed by atoms with Gasteiger partial charge in [-0.3, -0.25) is 0 Å². The molecule has 0 fully saturated rings. The first-order valence-corrected chi connectivity index (χ1v) is 7.75. The average molecular weight is 256 g/mol. The van der Waals surface area contributed by atoms with Crippen LogP contribution in [0.25, 0.3) is 0 Å². The predicted molar refractivity (Wildman–Crippen MR) is 78.7 cm³/mol. The highest BCUT2D eigenvalue weighted by Crippen LogP contribution is 2.09. The van der Waals surface area contributed by atoms with Crippen molar-refractivity contribution in [3.8, 4) is 0 Å². The summed E-state index contributed by atoms with van der Waals surface area (Å²) in [7, 11) is 0. The Balaban J connectivity index is 3.12. The van der Waals surface area contributed by atoms with E-state index in [2.05, 4.69) is 19.1 Å². The van der Waals surface area contributed by atoms with Gasteiger partial charge in [0.25, 0.3) is 0 Å². The van der Waals surface area contributed by atoms with Crippen molar-refractivity contribution in [1.82, 2.24) is 0 Å². The molecule has 0 radical (unpaired) electrons. The highest BCUT2D eigenvalue weighted by molar-refractivity contribution is 4.81. The van der Waals surface area contributed by atoms with Gasteiger partial charge in [-0.25, -0.2) is 0 Å². The first-order chi connectivity index (χ1) is 8.81. The molecule has 0 heterocycles. The van der Waals surface area contributed by atoms with Crippen LogP contribution < -0.4 is 0 Å². The largest absolute Gasteiger partial charge is 0.396 e. The zero-order chi connectivity index (χ0) is 13.5. The first-order valence-electron chi connectivity index (χ1n) is 7.75. The van der Waals surface area contributed by atoms with Crippen LogP contribution >= 0.6 is 0 Å². The number of aliphatic hydroxyl groups excluding tert-OH is 2. The number of aliphatic hydroxyl groups is 2. The van der Waals surface area contributed by atoms with E-state index in [1.54, 1.807) is 0 Å². The molecule has 1 unspecified atom stereocenters. The van der Waals surface area contributed by atoms with Crippen LogP contribution in [0, 0.1) is 0 Å². The Morgan fingerprint density at radius 3 is 2.00 bits per heavy atom. The standard InChI is InChI=1S/C16H32O2/c1-2-3-4-5-6-7-8-9-10-11-12-13-16(18)14-15-17/h7-8,16-18H,2-6,9-15H2,1H3/b8-7+. The molecule has 0 spiro atoms. The maximum atomic E-state index is 9.42. The molecule has 0 aliphatic heterocycles. The fourth-order valence-corrected chi connectivity index (χ4v) is 2.04. The van der Waals surface area contributed by atoms with Crippen LogP contribution in [0.1, 0.15) is 77.6 Å². The lowest BCUT2D eigenvalue weighted by atomic mass is 10.1. The summed E-state index contributed by atoms with van der Waals surface area (Å²) in [4.78, 5) is 0. The smallest absolute Gasteiger partial charge is 0.0562 e. The van der Waals surface area contributed by atoms with E-state index in [0.29, 0.717) is 6.42 Å². The molecule has 0 aliphatic carbocycles. The van der Waals surface area contributed by atoms with Gasteiger partial charge in [0, 0.05) is 6.61 Å². The fourth-order valence-electron chi connectivity index (χ4n) is 2.04. The van der Waals surface area contributed by atoms with Gasteiger partial charge >= 0.3 is 0 Å². The molecule has 2 nitrogen and oxygen atoms in total. The number of allylic oxidation sites excluding steroid dienone is 2. The van der Waals surface area contributed by atoms with Gasteiger partial charge in [-0.05, 0) is 38.5 Å². The molecule has 0 saturated heterocycles. The molecule has 0 aromatic heterocycles. The van der Waals surface area contributed by atoms with E-state index in [-0.39, 0.29) is 12.7 Å². The molecule has 2 N–H and O–H groups in total. The molecule has 0 amide bonds. The van der Waals surface area contributed by atoms with Crippen LogP contribution in [0.5, 0.6) is 0 Å². The lowest BCUT2D eigenvalue weighted by Crippen LogP contribution is -2.08. The van der Waals surface area contributed by atoms with Crippen molar-refractivity contribution in [3.05, 3.63) is 12.2 Å². The Morgan fingerprint density at radius 2 is 1.44 bits per heavy atom. The second kappa shape index (κ2) is 14.7. The van der Waals surface area contributed by atoms with E-state index < -0.39 is 0 Å². The SMILES string of the molecule is CCCCCC/C=C/CCCCCC(O)CCO. The first kappa shape index (κ1) is 17.7. The van der Waals surface area contributed by atoms with Crippen molar-refractivity contribution in [2.45, 2.75) is 83.7 Å². The fraction of sp³-hybridized carbons (Fsp3) is 0.875. The Labute approximate surface area is 113 Å².